The van der Waals surface area contributed by atoms with Gasteiger partial charge in [0, 0.05) is 5.56 Å². The number of hydrogen-bond donors (Lipinski definition) is 4. The van der Waals surface area contributed by atoms with Crippen molar-refractivity contribution < 1.29 is 58.6 Å². The van der Waals surface area contributed by atoms with Gasteiger partial charge >= 0.3 is 23.9 Å². The van der Waals surface area contributed by atoms with Gasteiger partial charge in [-0.1, -0.05) is 0 Å². The average molecular weight is 766 g/mol. The molecule has 4 rings (SSSR count). The second kappa shape index (κ2) is 13.8. The topological polar surface area (TPSA) is 194 Å². The predicted molar refractivity (Wildman–Crippen MR) is 188 cm³/mol. The molecule has 0 fully saturated rings. The van der Waals surface area contributed by atoms with Crippen LogP contribution in [-0.2, 0) is 9.59 Å². The number of carboxylic acid groups (broad SMARTS) is 1. The van der Waals surface area contributed by atoms with Crippen molar-refractivity contribution in [2.45, 2.75) is 74.8 Å². The summed E-state index contributed by atoms with van der Waals surface area (Å²) in [4.78, 5) is 63.9. The number of carbonyl (C=O) groups excluding carboxylic acids is 4. The lowest BCUT2D eigenvalue weighted by atomic mass is 9.82. The van der Waals surface area contributed by atoms with E-state index in [1.807, 2.05) is 0 Å². The summed E-state index contributed by atoms with van der Waals surface area (Å²) in [6, 6.07) is 1.35. The minimum Gasteiger partial charge on any atom is -0.507 e. The molecule has 0 bridgehead atoms. The molecule has 0 heterocycles. The Morgan fingerprint density at radius 2 is 1.10 bits per heavy atom. The Morgan fingerprint density at radius 3 is 1.61 bits per heavy atom. The van der Waals surface area contributed by atoms with Crippen molar-refractivity contribution in [3.05, 3.63) is 95.0 Å². The maximum absolute atomic E-state index is 13.5. The third kappa shape index (κ3) is 6.43. The van der Waals surface area contributed by atoms with Gasteiger partial charge in [0.2, 0.25) is 5.60 Å². The summed E-state index contributed by atoms with van der Waals surface area (Å²) in [6.45, 7) is 15.2. The molecule has 0 atom stereocenters. The molecule has 12 nitrogen and oxygen atoms in total. The standard InChI is InChI=1S/C38H37BrO12/c1-14-11-25(23(10)30(41)26(14)35(45)50-32-20(7)17(4)27(34(43)44)18(5)21(32)8)49-36(46)28-19(6)22(9)33(29(39)31(28)42)51-37(47)38(48)15(2)12-24(40)13-16(38)3/h11-13,41-42,48H,1-10H3,(H,43,44). The van der Waals surface area contributed by atoms with Crippen molar-refractivity contribution in [1.82, 2.24) is 0 Å². The van der Waals surface area contributed by atoms with Crippen molar-refractivity contribution in [2.75, 3.05) is 0 Å². The minimum absolute atomic E-state index is 0.00691. The van der Waals surface area contributed by atoms with Crippen LogP contribution < -0.4 is 14.2 Å². The highest BCUT2D eigenvalue weighted by molar-refractivity contribution is 9.10. The molecule has 0 saturated carbocycles. The predicted octanol–water partition coefficient (Wildman–Crippen LogP) is 6.58. The molecular formula is C38H37BrO12. The lowest BCUT2D eigenvalue weighted by Crippen LogP contribution is -2.46. The number of phenols is 2. The number of allylic oxidation sites excluding steroid dienone is 2. The molecule has 0 radical (unpaired) electrons. The minimum atomic E-state index is -2.24. The third-order valence-corrected chi connectivity index (χ3v) is 10.3. The van der Waals surface area contributed by atoms with E-state index in [0.29, 0.717) is 22.3 Å². The Labute approximate surface area is 302 Å². The number of ketones is 1. The van der Waals surface area contributed by atoms with Crippen molar-refractivity contribution in [3.63, 3.8) is 0 Å². The monoisotopic (exact) mass is 764 g/mol. The normalized spacial score (nSPS) is 13.7. The van der Waals surface area contributed by atoms with Crippen molar-refractivity contribution >= 4 is 45.6 Å². The highest BCUT2D eigenvalue weighted by atomic mass is 79.9. The molecule has 0 aromatic heterocycles. The van der Waals surface area contributed by atoms with Crippen LogP contribution >= 0.6 is 15.9 Å². The lowest BCUT2D eigenvalue weighted by molar-refractivity contribution is -0.148. The van der Waals surface area contributed by atoms with Crippen molar-refractivity contribution in [2.24, 2.45) is 0 Å². The van der Waals surface area contributed by atoms with E-state index in [4.69, 9.17) is 14.2 Å². The third-order valence-electron chi connectivity index (χ3n) is 9.55. The Kier molecular flexibility index (Phi) is 10.4. The van der Waals surface area contributed by atoms with Crippen LogP contribution in [0.5, 0.6) is 28.7 Å². The summed E-state index contributed by atoms with van der Waals surface area (Å²) < 4.78 is 16.7. The quantitative estimate of drug-likeness (QED) is 0.149. The Morgan fingerprint density at radius 1 is 0.627 bits per heavy atom. The summed E-state index contributed by atoms with van der Waals surface area (Å²) in [5.41, 5.74) is -0.187. The molecule has 1 aliphatic carbocycles. The number of ether oxygens (including phenoxy) is 3. The van der Waals surface area contributed by atoms with Crippen LogP contribution in [0, 0.1) is 55.4 Å². The molecule has 0 spiro atoms. The fourth-order valence-corrected chi connectivity index (χ4v) is 6.62. The number of aryl methyl sites for hydroxylation is 1. The van der Waals surface area contributed by atoms with Crippen LogP contribution in [0.4, 0.5) is 0 Å². The van der Waals surface area contributed by atoms with Crippen LogP contribution in [0.25, 0.3) is 0 Å². The van der Waals surface area contributed by atoms with E-state index in [9.17, 15) is 44.4 Å². The maximum atomic E-state index is 13.5. The van der Waals surface area contributed by atoms with Gasteiger partial charge in [-0.3, -0.25) is 4.79 Å². The number of aromatic hydroxyl groups is 2. The molecule has 0 unspecified atom stereocenters. The van der Waals surface area contributed by atoms with Crippen LogP contribution in [0.2, 0.25) is 0 Å². The largest absolute Gasteiger partial charge is 0.507 e. The van der Waals surface area contributed by atoms with Crippen molar-refractivity contribution in [1.29, 1.82) is 0 Å². The van der Waals surface area contributed by atoms with E-state index in [1.54, 1.807) is 27.7 Å². The second-order valence-corrected chi connectivity index (χ2v) is 13.4. The summed E-state index contributed by atoms with van der Waals surface area (Å²) in [5.74, 6) is -5.91. The average Bonchev–Trinajstić information content (AvgIpc) is 3.04. The molecule has 0 saturated heterocycles. The zero-order valence-electron chi connectivity index (χ0n) is 29.7. The fourth-order valence-electron chi connectivity index (χ4n) is 6.04. The molecule has 0 aliphatic heterocycles. The van der Waals surface area contributed by atoms with Gasteiger partial charge in [-0.2, -0.15) is 0 Å². The van der Waals surface area contributed by atoms with E-state index >= 15 is 0 Å². The highest BCUT2D eigenvalue weighted by Gasteiger charge is 2.45. The molecule has 3 aromatic rings. The fraction of sp³-hybridized carbons (Fsp3) is 0.289. The van der Waals surface area contributed by atoms with Gasteiger partial charge in [-0.15, -0.1) is 0 Å². The number of hydrogen-bond acceptors (Lipinski definition) is 11. The van der Waals surface area contributed by atoms with Crippen LogP contribution in [0.3, 0.4) is 0 Å². The molecule has 51 heavy (non-hydrogen) atoms. The van der Waals surface area contributed by atoms with Gasteiger partial charge in [0.15, 0.2) is 11.5 Å². The van der Waals surface area contributed by atoms with E-state index in [1.165, 1.54) is 47.6 Å². The van der Waals surface area contributed by atoms with Gasteiger partial charge in [0.25, 0.3) is 0 Å². The molecule has 0 amide bonds. The molecule has 1 aliphatic rings. The molecule has 13 heteroatoms. The first-order chi connectivity index (χ1) is 23.6. The zero-order valence-corrected chi connectivity index (χ0v) is 31.3. The van der Waals surface area contributed by atoms with Crippen LogP contribution in [0.15, 0.2) is 33.8 Å². The Hall–Kier alpha value is -5.27. The Bertz CT molecular complexity index is 2090. The number of aliphatic hydroxyl groups is 1. The maximum Gasteiger partial charge on any atom is 0.352 e. The second-order valence-electron chi connectivity index (χ2n) is 12.6. The first kappa shape index (κ1) is 38.5. The summed E-state index contributed by atoms with van der Waals surface area (Å²) in [7, 11) is 0. The zero-order chi connectivity index (χ0) is 38.6. The summed E-state index contributed by atoms with van der Waals surface area (Å²) >= 11 is 3.18. The first-order valence-electron chi connectivity index (χ1n) is 15.6. The van der Waals surface area contributed by atoms with E-state index < -0.39 is 46.8 Å². The number of halogens is 1. The van der Waals surface area contributed by atoms with E-state index in [0.717, 1.165) is 12.2 Å². The number of benzene rings is 3. The number of carboxylic acids is 1. The summed E-state index contributed by atoms with van der Waals surface area (Å²) in [6.07, 6.45) is 2.22. The number of carbonyl (C=O) groups is 5. The van der Waals surface area contributed by atoms with Crippen LogP contribution in [-0.4, -0.2) is 55.7 Å². The molecular weight excluding hydrogens is 728 g/mol. The van der Waals surface area contributed by atoms with Gasteiger partial charge < -0.3 is 34.6 Å². The number of aromatic carboxylic acids is 1. The smallest absolute Gasteiger partial charge is 0.352 e. The number of esters is 3. The number of rotatable bonds is 7. The van der Waals surface area contributed by atoms with Gasteiger partial charge in [0.1, 0.15) is 38.6 Å². The Balaban J connectivity index is 1.66. The van der Waals surface area contributed by atoms with Crippen LogP contribution in [0.1, 0.15) is 89.4 Å². The molecule has 4 N–H and O–H groups in total. The van der Waals surface area contributed by atoms with Gasteiger partial charge in [0.05, 0.1) is 5.56 Å². The lowest BCUT2D eigenvalue weighted by Gasteiger charge is -2.30. The SMILES string of the molecule is CC1=CC(=O)C=C(C)C1(O)C(=O)Oc1c(C)c(C)c(C(=O)Oc2cc(C)c(C(=O)Oc3c(C)c(C)c(C(=O)O)c(C)c3C)c(O)c2C)c(O)c1Br. The van der Waals surface area contributed by atoms with Gasteiger partial charge in [-0.25, -0.2) is 19.2 Å². The summed E-state index contributed by atoms with van der Waals surface area (Å²) in [5, 5.41) is 43.1. The van der Waals surface area contributed by atoms with E-state index in [2.05, 4.69) is 15.9 Å². The highest BCUT2D eigenvalue weighted by Crippen LogP contribution is 2.44. The van der Waals surface area contributed by atoms with E-state index in [-0.39, 0.29) is 71.8 Å². The first-order valence-corrected chi connectivity index (χ1v) is 16.4. The van der Waals surface area contributed by atoms with Crippen molar-refractivity contribution in [3.8, 4) is 28.7 Å². The molecule has 3 aromatic carbocycles. The number of phenolic OH excluding ortho intramolecular Hbond substituents is 2. The van der Waals surface area contributed by atoms with Gasteiger partial charge in [-0.05, 0) is 153 Å². The molecule has 268 valence electrons.